The summed E-state index contributed by atoms with van der Waals surface area (Å²) < 4.78 is 11.1. The van der Waals surface area contributed by atoms with Crippen LogP contribution in [0.15, 0.2) is 18.2 Å². The van der Waals surface area contributed by atoms with Gasteiger partial charge in [-0.2, -0.15) is 0 Å². The molecule has 6 heteroatoms. The Labute approximate surface area is 152 Å². The molecule has 3 heterocycles. The topological polar surface area (TPSA) is 55.8 Å². The Morgan fingerprint density at radius 2 is 1.88 bits per heavy atom. The first kappa shape index (κ1) is 16.7. The SMILES string of the molecule is C[C@@H]1CCN2c3cc(Cl)ccc3CC3(C(=O)OC(C)(C)OC3=O)[C@H]2C1. The lowest BCUT2D eigenvalue weighted by Crippen LogP contribution is -2.67. The van der Waals surface area contributed by atoms with Gasteiger partial charge in [-0.3, -0.25) is 9.59 Å². The summed E-state index contributed by atoms with van der Waals surface area (Å²) in [6, 6.07) is 5.35. The van der Waals surface area contributed by atoms with Crippen LogP contribution >= 0.6 is 11.6 Å². The van der Waals surface area contributed by atoms with Crippen molar-refractivity contribution in [3.05, 3.63) is 28.8 Å². The lowest BCUT2D eigenvalue weighted by molar-refractivity contribution is -0.253. The molecule has 1 aromatic carbocycles. The van der Waals surface area contributed by atoms with E-state index in [0.29, 0.717) is 17.4 Å². The molecule has 0 amide bonds. The van der Waals surface area contributed by atoms with E-state index in [4.69, 9.17) is 21.1 Å². The first-order chi connectivity index (χ1) is 11.7. The Balaban J connectivity index is 1.86. The fraction of sp³-hybridized carbons (Fsp3) is 0.579. The van der Waals surface area contributed by atoms with Crippen LogP contribution in [0.5, 0.6) is 0 Å². The maximum absolute atomic E-state index is 13.1. The molecule has 0 aliphatic carbocycles. The van der Waals surface area contributed by atoms with E-state index < -0.39 is 23.1 Å². The molecule has 3 aliphatic heterocycles. The van der Waals surface area contributed by atoms with Crippen LogP contribution < -0.4 is 4.90 Å². The number of piperidine rings is 1. The number of cyclic esters (lactones) is 2. The standard InChI is InChI=1S/C19H22ClNO4/c1-11-6-7-21-14-9-13(20)5-4-12(14)10-19(15(21)8-11)16(22)24-18(2,3)25-17(19)23/h4-5,9,11,15H,6-8,10H2,1-3H3/t11-,15-/m1/s1. The van der Waals surface area contributed by atoms with E-state index in [-0.39, 0.29) is 6.04 Å². The van der Waals surface area contributed by atoms with Crippen LogP contribution in [-0.2, 0) is 25.5 Å². The summed E-state index contributed by atoms with van der Waals surface area (Å²) in [7, 11) is 0. The molecule has 2 fully saturated rings. The van der Waals surface area contributed by atoms with Crippen molar-refractivity contribution in [3.8, 4) is 0 Å². The van der Waals surface area contributed by atoms with Gasteiger partial charge in [-0.1, -0.05) is 24.6 Å². The molecule has 2 saturated heterocycles. The van der Waals surface area contributed by atoms with Gasteiger partial charge >= 0.3 is 11.9 Å². The van der Waals surface area contributed by atoms with Crippen molar-refractivity contribution in [2.45, 2.75) is 51.9 Å². The maximum Gasteiger partial charge on any atom is 0.329 e. The van der Waals surface area contributed by atoms with Crippen molar-refractivity contribution < 1.29 is 19.1 Å². The van der Waals surface area contributed by atoms with Gasteiger partial charge in [0.25, 0.3) is 5.79 Å². The molecule has 0 N–H and O–H groups in total. The molecule has 0 radical (unpaired) electrons. The monoisotopic (exact) mass is 363 g/mol. The predicted molar refractivity (Wildman–Crippen MR) is 93.4 cm³/mol. The normalized spacial score (nSPS) is 29.5. The fourth-order valence-corrected chi connectivity index (χ4v) is 4.58. The number of anilines is 1. The second-order valence-electron chi connectivity index (χ2n) is 7.94. The number of benzene rings is 1. The van der Waals surface area contributed by atoms with E-state index in [0.717, 1.165) is 30.6 Å². The highest BCUT2D eigenvalue weighted by atomic mass is 35.5. The largest absolute Gasteiger partial charge is 0.422 e. The maximum atomic E-state index is 13.1. The third kappa shape index (κ3) is 2.43. The summed E-state index contributed by atoms with van der Waals surface area (Å²) >= 11 is 6.20. The molecule has 1 aromatic rings. The van der Waals surface area contributed by atoms with Crippen molar-refractivity contribution >= 4 is 29.2 Å². The van der Waals surface area contributed by atoms with Crippen LogP contribution in [0.25, 0.3) is 0 Å². The van der Waals surface area contributed by atoms with Crippen molar-refractivity contribution in [2.24, 2.45) is 11.3 Å². The number of carbonyl (C=O) groups is 2. The van der Waals surface area contributed by atoms with E-state index in [1.807, 2.05) is 12.1 Å². The molecule has 1 spiro atoms. The average molecular weight is 364 g/mol. The van der Waals surface area contributed by atoms with Crippen LogP contribution in [0.3, 0.4) is 0 Å². The van der Waals surface area contributed by atoms with Crippen LogP contribution in [0.2, 0.25) is 5.02 Å². The molecule has 4 rings (SSSR count). The number of ether oxygens (including phenoxy) is 2. The molecule has 2 atom stereocenters. The van der Waals surface area contributed by atoms with E-state index in [1.165, 1.54) is 0 Å². The summed E-state index contributed by atoms with van der Waals surface area (Å²) in [5.74, 6) is -1.74. The summed E-state index contributed by atoms with van der Waals surface area (Å²) in [5.41, 5.74) is 0.648. The first-order valence-electron chi connectivity index (χ1n) is 8.75. The fourth-order valence-electron chi connectivity index (χ4n) is 4.42. The first-order valence-corrected chi connectivity index (χ1v) is 9.13. The minimum atomic E-state index is -1.30. The van der Waals surface area contributed by atoms with Gasteiger partial charge < -0.3 is 14.4 Å². The molecular formula is C19H22ClNO4. The Kier molecular flexibility index (Phi) is 3.59. The van der Waals surface area contributed by atoms with E-state index in [2.05, 4.69) is 11.8 Å². The Hall–Kier alpha value is -1.75. The van der Waals surface area contributed by atoms with Crippen LogP contribution in [0.4, 0.5) is 5.69 Å². The molecule has 134 valence electrons. The quantitative estimate of drug-likeness (QED) is 0.522. The summed E-state index contributed by atoms with van der Waals surface area (Å²) in [4.78, 5) is 28.3. The molecule has 25 heavy (non-hydrogen) atoms. The zero-order chi connectivity index (χ0) is 18.0. The number of esters is 2. The minimum Gasteiger partial charge on any atom is -0.422 e. The summed E-state index contributed by atoms with van der Waals surface area (Å²) in [6.07, 6.45) is 2.05. The Bertz CT molecular complexity index is 740. The number of rotatable bonds is 0. The number of hydrogen-bond donors (Lipinski definition) is 0. The van der Waals surface area contributed by atoms with Gasteiger partial charge in [-0.25, -0.2) is 0 Å². The Morgan fingerprint density at radius 3 is 2.56 bits per heavy atom. The summed E-state index contributed by atoms with van der Waals surface area (Å²) in [6.45, 7) is 6.12. The van der Waals surface area contributed by atoms with Crippen LogP contribution in [0.1, 0.15) is 39.2 Å². The van der Waals surface area contributed by atoms with Crippen molar-refractivity contribution in [1.29, 1.82) is 0 Å². The van der Waals surface area contributed by atoms with Crippen molar-refractivity contribution in [2.75, 3.05) is 11.4 Å². The molecule has 5 nitrogen and oxygen atoms in total. The van der Waals surface area contributed by atoms with Gasteiger partial charge in [0.1, 0.15) is 0 Å². The lowest BCUT2D eigenvalue weighted by atomic mass is 9.66. The van der Waals surface area contributed by atoms with Gasteiger partial charge in [0.15, 0.2) is 5.41 Å². The van der Waals surface area contributed by atoms with Gasteiger partial charge in [0, 0.05) is 37.5 Å². The third-order valence-electron chi connectivity index (χ3n) is 5.67. The van der Waals surface area contributed by atoms with Crippen molar-refractivity contribution in [1.82, 2.24) is 0 Å². The molecule has 0 saturated carbocycles. The Morgan fingerprint density at radius 1 is 1.20 bits per heavy atom. The number of nitrogens with zero attached hydrogens (tertiary/aromatic N) is 1. The highest BCUT2D eigenvalue weighted by Crippen LogP contribution is 2.50. The van der Waals surface area contributed by atoms with Gasteiger partial charge in [0.05, 0.1) is 6.04 Å². The van der Waals surface area contributed by atoms with E-state index in [1.54, 1.807) is 19.9 Å². The molecule has 0 unspecified atom stereocenters. The van der Waals surface area contributed by atoms with E-state index in [9.17, 15) is 9.59 Å². The molecular weight excluding hydrogens is 342 g/mol. The zero-order valence-corrected chi connectivity index (χ0v) is 15.4. The number of carbonyl (C=O) groups excluding carboxylic acids is 2. The second kappa shape index (κ2) is 5.37. The van der Waals surface area contributed by atoms with Crippen LogP contribution in [-0.4, -0.2) is 30.3 Å². The third-order valence-corrected chi connectivity index (χ3v) is 5.90. The second-order valence-corrected chi connectivity index (χ2v) is 8.38. The lowest BCUT2D eigenvalue weighted by Gasteiger charge is -2.54. The number of fused-ring (bicyclic) bond motifs is 4. The van der Waals surface area contributed by atoms with Crippen molar-refractivity contribution in [3.63, 3.8) is 0 Å². The van der Waals surface area contributed by atoms with Crippen LogP contribution in [0, 0.1) is 11.3 Å². The van der Waals surface area contributed by atoms with Gasteiger partial charge in [0.2, 0.25) is 0 Å². The zero-order valence-electron chi connectivity index (χ0n) is 14.7. The summed E-state index contributed by atoms with van der Waals surface area (Å²) in [5, 5.41) is 0.655. The number of halogens is 1. The molecule has 0 aromatic heterocycles. The number of hydrogen-bond acceptors (Lipinski definition) is 5. The highest BCUT2D eigenvalue weighted by molar-refractivity contribution is 6.30. The molecule has 0 bridgehead atoms. The predicted octanol–water partition coefficient (Wildman–Crippen LogP) is 3.32. The minimum absolute atomic E-state index is 0.265. The smallest absolute Gasteiger partial charge is 0.329 e. The van der Waals surface area contributed by atoms with E-state index >= 15 is 0 Å². The van der Waals surface area contributed by atoms with Gasteiger partial charge in [-0.15, -0.1) is 0 Å². The van der Waals surface area contributed by atoms with Gasteiger partial charge in [-0.05, 0) is 36.5 Å². The molecule has 3 aliphatic rings. The highest BCUT2D eigenvalue weighted by Gasteiger charge is 2.64. The average Bonchev–Trinajstić information content (AvgIpc) is 2.51.